The summed E-state index contributed by atoms with van der Waals surface area (Å²) in [7, 11) is 0. The molecule has 2 heterocycles. The second-order valence-electron chi connectivity index (χ2n) is 9.79. The van der Waals surface area contributed by atoms with Gasteiger partial charge >= 0.3 is 0 Å². The van der Waals surface area contributed by atoms with E-state index in [-0.39, 0.29) is 17.5 Å². The zero-order valence-corrected chi connectivity index (χ0v) is 18.0. The van der Waals surface area contributed by atoms with Gasteiger partial charge in [-0.1, -0.05) is 34.6 Å². The summed E-state index contributed by atoms with van der Waals surface area (Å²) < 4.78 is 1.60. The lowest BCUT2D eigenvalue weighted by Crippen LogP contribution is -2.45. The van der Waals surface area contributed by atoms with Crippen LogP contribution in [0.5, 0.6) is 0 Å². The van der Waals surface area contributed by atoms with Crippen LogP contribution in [0, 0.1) is 10.8 Å². The summed E-state index contributed by atoms with van der Waals surface area (Å²) in [6.07, 6.45) is 4.53. The predicted octanol–water partition coefficient (Wildman–Crippen LogP) is 2.77. The lowest BCUT2D eigenvalue weighted by Gasteiger charge is -2.38. The highest BCUT2D eigenvalue weighted by Crippen LogP contribution is 2.47. The lowest BCUT2D eigenvalue weighted by atomic mass is 9.76. The molecule has 1 saturated carbocycles. The summed E-state index contributed by atoms with van der Waals surface area (Å²) >= 11 is 0. The van der Waals surface area contributed by atoms with Crippen molar-refractivity contribution < 1.29 is 14.7 Å². The molecule has 0 bridgehead atoms. The first-order chi connectivity index (χ1) is 13.2. The molecular formula is C21H31N5O3. The van der Waals surface area contributed by atoms with Crippen molar-refractivity contribution in [2.75, 3.05) is 10.6 Å². The standard InChI is InChI=1S/C21H31N5O3/c1-19(2,3)18(28)24-12-9-14-16(13(17(22)27)10-23-26(14)11-12)25-15-7-8-21(6,29)20(15,4)5/h9-11,15,25,29H,7-8H2,1-6H3,(H2,22,27)(H,24,28)/t15-,21-/m1/s1. The number of nitrogens with zero attached hydrogens (tertiary/aromatic N) is 2. The second-order valence-corrected chi connectivity index (χ2v) is 9.79. The summed E-state index contributed by atoms with van der Waals surface area (Å²) in [6.45, 7) is 11.4. The molecule has 1 aliphatic rings. The molecular weight excluding hydrogens is 370 g/mol. The Morgan fingerprint density at radius 3 is 2.48 bits per heavy atom. The zero-order chi connectivity index (χ0) is 21.8. The molecule has 0 aromatic carbocycles. The molecule has 1 fully saturated rings. The maximum atomic E-state index is 12.3. The molecule has 5 N–H and O–H groups in total. The van der Waals surface area contributed by atoms with Gasteiger partial charge in [-0.05, 0) is 25.8 Å². The van der Waals surface area contributed by atoms with E-state index < -0.39 is 22.3 Å². The largest absolute Gasteiger partial charge is 0.390 e. The van der Waals surface area contributed by atoms with Crippen molar-refractivity contribution in [2.45, 2.75) is 66.0 Å². The Balaban J connectivity index is 2.04. The van der Waals surface area contributed by atoms with E-state index in [1.807, 2.05) is 41.5 Å². The van der Waals surface area contributed by atoms with E-state index in [1.165, 1.54) is 6.20 Å². The summed E-state index contributed by atoms with van der Waals surface area (Å²) in [5.41, 5.74) is 5.85. The Hall–Kier alpha value is -2.61. The third-order valence-corrected chi connectivity index (χ3v) is 6.34. The summed E-state index contributed by atoms with van der Waals surface area (Å²) in [5, 5.41) is 21.3. The average Bonchev–Trinajstić information content (AvgIpc) is 3.07. The molecule has 1 aliphatic carbocycles. The van der Waals surface area contributed by atoms with Gasteiger partial charge in [-0.15, -0.1) is 0 Å². The molecule has 2 aromatic rings. The minimum Gasteiger partial charge on any atom is -0.390 e. The van der Waals surface area contributed by atoms with Gasteiger partial charge in [0.15, 0.2) is 0 Å². The Labute approximate surface area is 170 Å². The Morgan fingerprint density at radius 2 is 1.97 bits per heavy atom. The van der Waals surface area contributed by atoms with Gasteiger partial charge in [0.1, 0.15) is 0 Å². The fraction of sp³-hybridized carbons (Fsp3) is 0.571. The minimum absolute atomic E-state index is 0.0654. The number of carbonyl (C=O) groups excluding carboxylic acids is 2. The van der Waals surface area contributed by atoms with Crippen molar-refractivity contribution in [3.63, 3.8) is 0 Å². The summed E-state index contributed by atoms with van der Waals surface area (Å²) in [6, 6.07) is 1.70. The van der Waals surface area contributed by atoms with Gasteiger partial charge in [0.2, 0.25) is 5.91 Å². The first-order valence-corrected chi connectivity index (χ1v) is 9.85. The average molecular weight is 402 g/mol. The molecule has 2 atom stereocenters. The van der Waals surface area contributed by atoms with Gasteiger partial charge in [-0.3, -0.25) is 9.59 Å². The SMILES string of the molecule is CC(C)(C)C(=O)Nc1cc2c(N[C@@H]3CC[C@@](C)(O)C3(C)C)c(C(N)=O)cnn2c1. The van der Waals surface area contributed by atoms with Crippen LogP contribution in [-0.4, -0.2) is 38.2 Å². The van der Waals surface area contributed by atoms with Crippen LogP contribution < -0.4 is 16.4 Å². The molecule has 0 spiro atoms. The number of primary amides is 1. The van der Waals surface area contributed by atoms with Crippen molar-refractivity contribution in [3.8, 4) is 0 Å². The normalized spacial score (nSPS) is 23.9. The van der Waals surface area contributed by atoms with Crippen LogP contribution in [0.1, 0.15) is 64.7 Å². The molecule has 158 valence electrons. The number of rotatable bonds is 4. The fourth-order valence-corrected chi connectivity index (χ4v) is 3.69. The van der Waals surface area contributed by atoms with Crippen LogP contribution in [0.25, 0.3) is 5.52 Å². The lowest BCUT2D eigenvalue weighted by molar-refractivity contribution is -0.123. The molecule has 29 heavy (non-hydrogen) atoms. The van der Waals surface area contributed by atoms with E-state index in [9.17, 15) is 14.7 Å². The molecule has 8 heteroatoms. The van der Waals surface area contributed by atoms with Crippen molar-refractivity contribution in [2.24, 2.45) is 16.6 Å². The Bertz CT molecular complexity index is 969. The number of nitrogens with two attached hydrogens (primary N) is 1. The van der Waals surface area contributed by atoms with Crippen molar-refractivity contribution >= 4 is 28.7 Å². The highest BCUT2D eigenvalue weighted by Gasteiger charge is 2.50. The van der Waals surface area contributed by atoms with E-state index in [2.05, 4.69) is 15.7 Å². The van der Waals surface area contributed by atoms with Crippen LogP contribution in [0.4, 0.5) is 11.4 Å². The highest BCUT2D eigenvalue weighted by molar-refractivity contribution is 6.03. The molecule has 3 rings (SSSR count). The van der Waals surface area contributed by atoms with Gasteiger partial charge in [-0.25, -0.2) is 4.52 Å². The van der Waals surface area contributed by atoms with Crippen molar-refractivity contribution in [3.05, 3.63) is 24.0 Å². The first-order valence-electron chi connectivity index (χ1n) is 9.85. The van der Waals surface area contributed by atoms with E-state index in [0.29, 0.717) is 23.3 Å². The predicted molar refractivity (Wildman–Crippen MR) is 113 cm³/mol. The maximum absolute atomic E-state index is 12.3. The third-order valence-electron chi connectivity index (χ3n) is 6.34. The van der Waals surface area contributed by atoms with Gasteiger partial charge in [-0.2, -0.15) is 5.10 Å². The van der Waals surface area contributed by atoms with E-state index >= 15 is 0 Å². The summed E-state index contributed by atoms with van der Waals surface area (Å²) in [4.78, 5) is 24.4. The number of hydrogen-bond donors (Lipinski definition) is 4. The third kappa shape index (κ3) is 3.69. The van der Waals surface area contributed by atoms with Crippen LogP contribution in [0.15, 0.2) is 18.5 Å². The minimum atomic E-state index is -0.825. The van der Waals surface area contributed by atoms with Crippen LogP contribution in [0.2, 0.25) is 0 Å². The molecule has 0 aliphatic heterocycles. The fourth-order valence-electron chi connectivity index (χ4n) is 3.69. The number of aromatic nitrogens is 2. The van der Waals surface area contributed by atoms with Gasteiger partial charge < -0.3 is 21.5 Å². The first kappa shape index (κ1) is 21.1. The molecule has 8 nitrogen and oxygen atoms in total. The van der Waals surface area contributed by atoms with Gasteiger partial charge in [0, 0.05) is 16.9 Å². The molecule has 0 saturated heterocycles. The smallest absolute Gasteiger partial charge is 0.252 e. The Kier molecular flexibility index (Phi) is 4.89. The zero-order valence-electron chi connectivity index (χ0n) is 18.0. The molecule has 0 unspecified atom stereocenters. The van der Waals surface area contributed by atoms with Crippen molar-refractivity contribution in [1.29, 1.82) is 0 Å². The van der Waals surface area contributed by atoms with E-state index in [0.717, 1.165) is 6.42 Å². The number of fused-ring (bicyclic) bond motifs is 1. The Morgan fingerprint density at radius 1 is 1.31 bits per heavy atom. The maximum Gasteiger partial charge on any atom is 0.252 e. The molecule has 2 aromatic heterocycles. The van der Waals surface area contributed by atoms with Crippen molar-refractivity contribution in [1.82, 2.24) is 9.61 Å². The number of aliphatic hydroxyl groups is 1. The number of hydrogen-bond acceptors (Lipinski definition) is 5. The summed E-state index contributed by atoms with van der Waals surface area (Å²) in [5.74, 6) is -0.711. The number of nitrogens with one attached hydrogen (secondary N) is 2. The highest BCUT2D eigenvalue weighted by atomic mass is 16.3. The monoisotopic (exact) mass is 401 g/mol. The number of carbonyl (C=O) groups is 2. The molecule has 0 radical (unpaired) electrons. The van der Waals surface area contributed by atoms with Crippen LogP contribution in [-0.2, 0) is 4.79 Å². The van der Waals surface area contributed by atoms with Gasteiger partial charge in [0.05, 0.1) is 40.4 Å². The van der Waals surface area contributed by atoms with Crippen LogP contribution in [0.3, 0.4) is 0 Å². The second kappa shape index (κ2) is 6.73. The van der Waals surface area contributed by atoms with Crippen LogP contribution >= 0.6 is 0 Å². The quantitative estimate of drug-likeness (QED) is 0.627. The van der Waals surface area contributed by atoms with E-state index in [1.54, 1.807) is 16.8 Å². The number of amides is 2. The van der Waals surface area contributed by atoms with Gasteiger partial charge in [0.25, 0.3) is 5.91 Å². The number of anilines is 2. The molecule has 2 amide bonds. The topological polar surface area (TPSA) is 122 Å². The van der Waals surface area contributed by atoms with E-state index in [4.69, 9.17) is 5.73 Å².